The van der Waals surface area contributed by atoms with Gasteiger partial charge in [0.1, 0.15) is 10.9 Å². The molecular formula is C23H28FNS2. The molecule has 0 unspecified atom stereocenters. The number of benzene rings is 2. The van der Waals surface area contributed by atoms with Crippen LogP contribution in [0.3, 0.4) is 0 Å². The van der Waals surface area contributed by atoms with Crippen molar-refractivity contribution in [2.75, 3.05) is 0 Å². The maximum atomic E-state index is 13.9. The Balaban J connectivity index is 0.00000126. The van der Waals surface area contributed by atoms with Crippen molar-refractivity contribution >= 4 is 34.3 Å². The summed E-state index contributed by atoms with van der Waals surface area (Å²) >= 11 is 3.25. The van der Waals surface area contributed by atoms with Crippen LogP contribution in [0.5, 0.6) is 0 Å². The molecule has 1 heterocycles. The second-order valence-corrected chi connectivity index (χ2v) is 9.41. The van der Waals surface area contributed by atoms with E-state index in [9.17, 15) is 4.39 Å². The van der Waals surface area contributed by atoms with Gasteiger partial charge in [-0.25, -0.2) is 9.38 Å². The molecule has 27 heavy (non-hydrogen) atoms. The predicted octanol–water partition coefficient (Wildman–Crippen LogP) is 8.17. The average molecular weight is 402 g/mol. The van der Waals surface area contributed by atoms with E-state index in [0.717, 1.165) is 23.6 Å². The van der Waals surface area contributed by atoms with Crippen LogP contribution < -0.4 is 0 Å². The van der Waals surface area contributed by atoms with E-state index in [-0.39, 0.29) is 10.6 Å². The van der Waals surface area contributed by atoms with Crippen molar-refractivity contribution in [1.82, 2.24) is 0 Å². The summed E-state index contributed by atoms with van der Waals surface area (Å²) in [6.07, 6.45) is 2.06. The zero-order chi connectivity index (χ0) is 19.9. The van der Waals surface area contributed by atoms with Gasteiger partial charge in [-0.3, -0.25) is 0 Å². The van der Waals surface area contributed by atoms with Crippen LogP contribution in [-0.4, -0.2) is 9.79 Å². The summed E-state index contributed by atoms with van der Waals surface area (Å²) < 4.78 is 14.0. The van der Waals surface area contributed by atoms with Crippen molar-refractivity contribution in [2.24, 2.45) is 4.99 Å². The molecule has 2 aromatic carbocycles. The lowest BCUT2D eigenvalue weighted by Gasteiger charge is -2.31. The van der Waals surface area contributed by atoms with Crippen molar-refractivity contribution in [2.45, 2.75) is 57.1 Å². The van der Waals surface area contributed by atoms with E-state index in [1.807, 2.05) is 49.9 Å². The Morgan fingerprint density at radius 3 is 2.41 bits per heavy atom. The van der Waals surface area contributed by atoms with Gasteiger partial charge >= 0.3 is 0 Å². The van der Waals surface area contributed by atoms with Gasteiger partial charge in [-0.05, 0) is 55.0 Å². The molecule has 144 valence electrons. The maximum Gasteiger partial charge on any atom is 0.137 e. The van der Waals surface area contributed by atoms with Gasteiger partial charge in [-0.2, -0.15) is 0 Å². The first kappa shape index (κ1) is 21.8. The van der Waals surface area contributed by atoms with Gasteiger partial charge in [0.05, 0.1) is 5.69 Å². The highest BCUT2D eigenvalue weighted by Gasteiger charge is 2.29. The van der Waals surface area contributed by atoms with Gasteiger partial charge in [0.2, 0.25) is 0 Å². The number of hydrogen-bond acceptors (Lipinski definition) is 3. The highest BCUT2D eigenvalue weighted by atomic mass is 32.2. The summed E-state index contributed by atoms with van der Waals surface area (Å²) in [5.41, 5.74) is 3.39. The van der Waals surface area contributed by atoms with Crippen molar-refractivity contribution in [3.8, 4) is 0 Å². The second kappa shape index (κ2) is 10.1. The quantitative estimate of drug-likeness (QED) is 0.481. The number of aryl methyl sites for hydroxylation is 1. The van der Waals surface area contributed by atoms with Gasteiger partial charge in [0.15, 0.2) is 0 Å². The Labute approximate surface area is 171 Å². The predicted molar refractivity (Wildman–Crippen MR) is 121 cm³/mol. The number of halogens is 1. The molecule has 1 fully saturated rings. The largest absolute Gasteiger partial charge is 0.242 e. The highest BCUT2D eigenvalue weighted by Crippen LogP contribution is 2.42. The third-order valence-corrected chi connectivity index (χ3v) is 6.36. The Bertz CT molecular complexity index is 807. The van der Waals surface area contributed by atoms with E-state index in [1.54, 1.807) is 6.07 Å². The molecule has 0 radical (unpaired) electrons. The van der Waals surface area contributed by atoms with E-state index in [0.29, 0.717) is 4.90 Å². The first-order valence-electron chi connectivity index (χ1n) is 9.38. The minimum atomic E-state index is -0.176. The highest BCUT2D eigenvalue weighted by molar-refractivity contribution is 8.15. The lowest BCUT2D eigenvalue weighted by molar-refractivity contribution is 0.602. The van der Waals surface area contributed by atoms with E-state index >= 15 is 0 Å². The standard InChI is InChI=1S/C21H22FNS2.C2H6/c1-15-8-10-17(11-9-15)23-20-16(12-13-21(2,3)25-20)14-24-19-7-5-4-6-18(19)22;1-2/h4-11,14H,12-13H2,1-3H3;1-2H3/b16-14+,23-20?;. The smallest absolute Gasteiger partial charge is 0.137 e. The van der Waals surface area contributed by atoms with Gasteiger partial charge < -0.3 is 0 Å². The zero-order valence-electron chi connectivity index (χ0n) is 16.8. The Morgan fingerprint density at radius 2 is 1.74 bits per heavy atom. The molecule has 0 aliphatic carbocycles. The van der Waals surface area contributed by atoms with Crippen LogP contribution in [0.15, 0.2) is 69.4 Å². The van der Waals surface area contributed by atoms with Gasteiger partial charge in [0, 0.05) is 9.64 Å². The molecule has 0 amide bonds. The first-order chi connectivity index (χ1) is 12.9. The van der Waals surface area contributed by atoms with Crippen LogP contribution in [0.25, 0.3) is 0 Å². The number of nitrogens with zero attached hydrogens (tertiary/aromatic N) is 1. The zero-order valence-corrected chi connectivity index (χ0v) is 18.4. The molecule has 0 spiro atoms. The fraction of sp³-hybridized carbons (Fsp3) is 0.348. The van der Waals surface area contributed by atoms with E-state index in [2.05, 4.69) is 38.3 Å². The third kappa shape index (κ3) is 6.54. The summed E-state index contributed by atoms with van der Waals surface area (Å²) in [4.78, 5) is 5.53. The van der Waals surface area contributed by atoms with E-state index < -0.39 is 0 Å². The minimum absolute atomic E-state index is 0.170. The summed E-state index contributed by atoms with van der Waals surface area (Å²) in [5, 5.41) is 3.11. The summed E-state index contributed by atoms with van der Waals surface area (Å²) in [7, 11) is 0. The lowest BCUT2D eigenvalue weighted by atomic mass is 10.0. The molecule has 0 bridgehead atoms. The van der Waals surface area contributed by atoms with Gasteiger partial charge in [0.25, 0.3) is 0 Å². The molecular weight excluding hydrogens is 373 g/mol. The third-order valence-electron chi connectivity index (χ3n) is 4.07. The van der Waals surface area contributed by atoms with Crippen molar-refractivity contribution in [3.63, 3.8) is 0 Å². The van der Waals surface area contributed by atoms with Crippen LogP contribution >= 0.6 is 23.5 Å². The Kier molecular flexibility index (Phi) is 8.18. The molecule has 0 saturated carbocycles. The SMILES string of the molecule is CC.Cc1ccc(N=C2SC(C)(C)CC/C2=C\Sc2ccccc2F)cc1. The maximum absolute atomic E-state index is 13.9. The number of hydrogen-bond donors (Lipinski definition) is 0. The van der Waals surface area contributed by atoms with Gasteiger partial charge in [-0.1, -0.05) is 81.0 Å². The molecule has 0 N–H and O–H groups in total. The summed E-state index contributed by atoms with van der Waals surface area (Å²) in [6.45, 7) is 10.6. The van der Waals surface area contributed by atoms with Crippen LogP contribution in [0.4, 0.5) is 10.1 Å². The fourth-order valence-electron chi connectivity index (χ4n) is 2.54. The van der Waals surface area contributed by atoms with E-state index in [4.69, 9.17) is 4.99 Å². The fourth-order valence-corrected chi connectivity index (χ4v) is 4.62. The molecule has 1 saturated heterocycles. The molecule has 0 atom stereocenters. The van der Waals surface area contributed by atoms with Crippen LogP contribution in [-0.2, 0) is 0 Å². The van der Waals surface area contributed by atoms with Crippen molar-refractivity contribution in [1.29, 1.82) is 0 Å². The number of thioether (sulfide) groups is 2. The number of aliphatic imine (C=N–C) groups is 1. The topological polar surface area (TPSA) is 12.4 Å². The monoisotopic (exact) mass is 401 g/mol. The Hall–Kier alpha value is -1.52. The normalized spacial score (nSPS) is 18.9. The lowest BCUT2D eigenvalue weighted by Crippen LogP contribution is -2.24. The average Bonchev–Trinajstić information content (AvgIpc) is 2.65. The van der Waals surface area contributed by atoms with Gasteiger partial charge in [-0.15, -0.1) is 0 Å². The molecule has 1 nitrogen and oxygen atoms in total. The molecule has 2 aromatic rings. The number of rotatable bonds is 3. The van der Waals surface area contributed by atoms with Crippen molar-refractivity contribution in [3.05, 3.63) is 70.9 Å². The first-order valence-corrected chi connectivity index (χ1v) is 11.1. The minimum Gasteiger partial charge on any atom is -0.242 e. The van der Waals surface area contributed by atoms with Crippen LogP contribution in [0, 0.1) is 12.7 Å². The molecule has 1 aliphatic rings. The molecule has 1 aliphatic heterocycles. The van der Waals surface area contributed by atoms with E-state index in [1.165, 1.54) is 29.0 Å². The second-order valence-electron chi connectivity index (χ2n) is 6.81. The summed E-state index contributed by atoms with van der Waals surface area (Å²) in [5.74, 6) is -0.176. The van der Waals surface area contributed by atoms with Crippen LogP contribution in [0.2, 0.25) is 0 Å². The Morgan fingerprint density at radius 1 is 1.07 bits per heavy atom. The summed E-state index contributed by atoms with van der Waals surface area (Å²) in [6, 6.07) is 15.2. The molecule has 0 aromatic heterocycles. The van der Waals surface area contributed by atoms with Crippen LogP contribution in [0.1, 0.15) is 46.1 Å². The van der Waals surface area contributed by atoms with Crippen molar-refractivity contribution < 1.29 is 4.39 Å². The molecule has 3 rings (SSSR count). The molecule has 4 heteroatoms.